The van der Waals surface area contributed by atoms with Crippen LogP contribution in [0.3, 0.4) is 0 Å². The number of thiazole rings is 1. The number of hydrogen-bond donors (Lipinski definition) is 0. The van der Waals surface area contributed by atoms with E-state index in [9.17, 15) is 9.59 Å². The normalized spacial score (nSPS) is 14.9. The molecule has 9 heteroatoms. The summed E-state index contributed by atoms with van der Waals surface area (Å²) in [5.74, 6) is 1.29. The second kappa shape index (κ2) is 8.39. The van der Waals surface area contributed by atoms with Gasteiger partial charge in [-0.1, -0.05) is 23.5 Å². The van der Waals surface area contributed by atoms with E-state index in [1.807, 2.05) is 18.2 Å². The molecule has 0 saturated carbocycles. The zero-order valence-electron chi connectivity index (χ0n) is 19.6. The number of methoxy groups -OCH3 is 3. The molecule has 1 amide bonds. The Balaban J connectivity index is 1.65. The van der Waals surface area contributed by atoms with Gasteiger partial charge >= 0.3 is 0 Å². The summed E-state index contributed by atoms with van der Waals surface area (Å²) < 4.78 is 23.3. The summed E-state index contributed by atoms with van der Waals surface area (Å²) in [7, 11) is 4.69. The molecule has 0 spiro atoms. The quantitative estimate of drug-likeness (QED) is 0.328. The van der Waals surface area contributed by atoms with E-state index in [2.05, 4.69) is 0 Å². The van der Waals surface area contributed by atoms with Gasteiger partial charge < -0.3 is 18.6 Å². The molecule has 0 radical (unpaired) electrons. The van der Waals surface area contributed by atoms with Crippen molar-refractivity contribution < 1.29 is 23.4 Å². The number of hydrogen-bond acceptors (Lipinski definition) is 8. The molecule has 1 aliphatic heterocycles. The van der Waals surface area contributed by atoms with E-state index in [0.29, 0.717) is 44.4 Å². The van der Waals surface area contributed by atoms with Crippen LogP contribution in [-0.4, -0.2) is 32.2 Å². The molecule has 0 aliphatic carbocycles. The molecule has 180 valence electrons. The third-order valence-corrected chi connectivity index (χ3v) is 7.32. The Morgan fingerprint density at radius 2 is 1.67 bits per heavy atom. The van der Waals surface area contributed by atoms with Crippen LogP contribution in [0.2, 0.25) is 0 Å². The SMILES string of the molecule is COc1ccc(OC)c([C@H]2c3c(oc4ccccc4c3=O)C(=O)N2c2nc3ccc(OC)cc3s2)c1. The number of rotatable bonds is 5. The van der Waals surface area contributed by atoms with Crippen LogP contribution in [0.1, 0.15) is 27.7 Å². The van der Waals surface area contributed by atoms with Gasteiger partial charge in [-0.2, -0.15) is 0 Å². The van der Waals surface area contributed by atoms with Crippen LogP contribution in [0.5, 0.6) is 17.2 Å². The Morgan fingerprint density at radius 1 is 0.917 bits per heavy atom. The molecule has 0 N–H and O–H groups in total. The summed E-state index contributed by atoms with van der Waals surface area (Å²) >= 11 is 1.33. The van der Waals surface area contributed by atoms with Crippen molar-refractivity contribution in [2.75, 3.05) is 26.2 Å². The topological polar surface area (TPSA) is 91.1 Å². The fraction of sp³-hybridized carbons (Fsp3) is 0.148. The van der Waals surface area contributed by atoms with Gasteiger partial charge in [0.2, 0.25) is 5.76 Å². The monoisotopic (exact) mass is 500 g/mol. The van der Waals surface area contributed by atoms with Crippen LogP contribution in [0, 0.1) is 0 Å². The van der Waals surface area contributed by atoms with Crippen LogP contribution in [0.15, 0.2) is 69.9 Å². The zero-order chi connectivity index (χ0) is 25.0. The number of ether oxygens (including phenoxy) is 3. The van der Waals surface area contributed by atoms with Crippen molar-refractivity contribution in [3.63, 3.8) is 0 Å². The average Bonchev–Trinajstić information content (AvgIpc) is 3.46. The van der Waals surface area contributed by atoms with Crippen molar-refractivity contribution >= 4 is 43.6 Å². The van der Waals surface area contributed by atoms with Gasteiger partial charge in [-0.3, -0.25) is 14.5 Å². The molecule has 2 aromatic heterocycles. The first-order chi connectivity index (χ1) is 17.5. The first-order valence-electron chi connectivity index (χ1n) is 11.1. The van der Waals surface area contributed by atoms with E-state index < -0.39 is 11.9 Å². The number of aromatic nitrogens is 1. The van der Waals surface area contributed by atoms with E-state index >= 15 is 0 Å². The maximum absolute atomic E-state index is 13.9. The Kier molecular flexibility index (Phi) is 5.15. The predicted octanol–water partition coefficient (Wildman–Crippen LogP) is 5.18. The summed E-state index contributed by atoms with van der Waals surface area (Å²) in [5, 5.41) is 0.819. The highest BCUT2D eigenvalue weighted by atomic mass is 32.1. The molecule has 1 aliphatic rings. The van der Waals surface area contributed by atoms with E-state index in [1.165, 1.54) is 16.2 Å². The third-order valence-electron chi connectivity index (χ3n) is 6.30. The molecule has 36 heavy (non-hydrogen) atoms. The maximum atomic E-state index is 13.9. The lowest BCUT2D eigenvalue weighted by Gasteiger charge is -2.24. The van der Waals surface area contributed by atoms with E-state index in [-0.39, 0.29) is 16.8 Å². The number of amides is 1. The first-order valence-corrected chi connectivity index (χ1v) is 11.9. The van der Waals surface area contributed by atoms with E-state index in [1.54, 1.807) is 63.8 Å². The van der Waals surface area contributed by atoms with Crippen LogP contribution < -0.4 is 24.5 Å². The molecular formula is C27H20N2O6S. The summed E-state index contributed by atoms with van der Waals surface area (Å²) in [6, 6.07) is 16.9. The Bertz CT molecular complexity index is 1720. The van der Waals surface area contributed by atoms with E-state index in [0.717, 1.165) is 4.70 Å². The van der Waals surface area contributed by atoms with Crippen molar-refractivity contribution in [1.82, 2.24) is 4.98 Å². The van der Waals surface area contributed by atoms with Gasteiger partial charge in [-0.15, -0.1) is 0 Å². The minimum atomic E-state index is -0.833. The second-order valence-electron chi connectivity index (χ2n) is 8.19. The molecule has 0 saturated heterocycles. The number of para-hydroxylation sites is 1. The van der Waals surface area contributed by atoms with Crippen LogP contribution in [0.25, 0.3) is 21.2 Å². The molecule has 3 heterocycles. The Labute approximate surface area is 209 Å². The number of carbonyl (C=O) groups is 1. The van der Waals surface area contributed by atoms with Crippen molar-refractivity contribution in [3.05, 3.63) is 87.8 Å². The molecule has 6 rings (SSSR count). The Morgan fingerprint density at radius 3 is 2.44 bits per heavy atom. The summed E-state index contributed by atoms with van der Waals surface area (Å²) in [4.78, 5) is 33.9. The lowest BCUT2D eigenvalue weighted by atomic mass is 9.97. The van der Waals surface area contributed by atoms with Gasteiger partial charge in [0.25, 0.3) is 5.91 Å². The molecule has 3 aromatic carbocycles. The van der Waals surface area contributed by atoms with Gasteiger partial charge in [0.1, 0.15) is 28.9 Å². The van der Waals surface area contributed by atoms with Crippen molar-refractivity contribution in [2.45, 2.75) is 6.04 Å². The highest BCUT2D eigenvalue weighted by molar-refractivity contribution is 7.22. The molecule has 8 nitrogen and oxygen atoms in total. The standard InChI is InChI=1S/C27H20N2O6S/c1-32-14-9-11-19(34-3)17(12-14)23-22-24(30)16-6-4-5-7-20(16)35-25(22)26(31)29(23)27-28-18-10-8-15(33-2)13-21(18)36-27/h4-13,23H,1-3H3/t23-/m0/s1. The van der Waals surface area contributed by atoms with Crippen molar-refractivity contribution in [2.24, 2.45) is 0 Å². The fourth-order valence-corrected chi connectivity index (χ4v) is 5.61. The largest absolute Gasteiger partial charge is 0.497 e. The summed E-state index contributed by atoms with van der Waals surface area (Å²) in [6.07, 6.45) is 0. The Hall–Kier alpha value is -4.37. The van der Waals surface area contributed by atoms with Crippen LogP contribution >= 0.6 is 11.3 Å². The maximum Gasteiger partial charge on any atom is 0.297 e. The molecule has 0 fully saturated rings. The number of carbonyl (C=O) groups excluding carboxylic acids is 1. The van der Waals surface area contributed by atoms with Crippen molar-refractivity contribution in [1.29, 1.82) is 0 Å². The first kappa shape index (κ1) is 22.1. The van der Waals surface area contributed by atoms with Crippen molar-refractivity contribution in [3.8, 4) is 17.2 Å². The summed E-state index contributed by atoms with van der Waals surface area (Å²) in [5.41, 5.74) is 1.60. The predicted molar refractivity (Wildman–Crippen MR) is 137 cm³/mol. The van der Waals surface area contributed by atoms with Gasteiger partial charge in [0.15, 0.2) is 10.6 Å². The van der Waals surface area contributed by atoms with E-state index in [4.69, 9.17) is 23.6 Å². The molecule has 5 aromatic rings. The van der Waals surface area contributed by atoms with Crippen LogP contribution in [0.4, 0.5) is 5.13 Å². The highest BCUT2D eigenvalue weighted by Gasteiger charge is 2.46. The minimum Gasteiger partial charge on any atom is -0.497 e. The third kappa shape index (κ3) is 3.24. The highest BCUT2D eigenvalue weighted by Crippen LogP contribution is 2.46. The zero-order valence-corrected chi connectivity index (χ0v) is 20.4. The summed E-state index contributed by atoms with van der Waals surface area (Å²) in [6.45, 7) is 0. The van der Waals surface area contributed by atoms with Gasteiger partial charge in [-0.05, 0) is 48.5 Å². The number of fused-ring (bicyclic) bond motifs is 3. The molecular weight excluding hydrogens is 480 g/mol. The van der Waals surface area contributed by atoms with Gasteiger partial charge in [0.05, 0.1) is 42.5 Å². The molecule has 0 bridgehead atoms. The smallest absolute Gasteiger partial charge is 0.297 e. The van der Waals surface area contributed by atoms with Gasteiger partial charge in [-0.25, -0.2) is 4.98 Å². The lowest BCUT2D eigenvalue weighted by molar-refractivity contribution is 0.0971. The fourth-order valence-electron chi connectivity index (χ4n) is 4.59. The number of anilines is 1. The van der Waals surface area contributed by atoms with Gasteiger partial charge in [0, 0.05) is 5.56 Å². The second-order valence-corrected chi connectivity index (χ2v) is 9.19. The minimum absolute atomic E-state index is 0.00888. The number of nitrogens with zero attached hydrogens (tertiary/aromatic N) is 2. The average molecular weight is 501 g/mol. The molecule has 0 unspecified atom stereocenters. The molecule has 1 atom stereocenters. The lowest BCUT2D eigenvalue weighted by Crippen LogP contribution is -2.29. The van der Waals surface area contributed by atoms with Crippen LogP contribution in [-0.2, 0) is 0 Å². The number of benzene rings is 3.